The molecule has 0 radical (unpaired) electrons. The number of β-amino-alcohol motifs (C(OH)–C–C–N with tert-alkyl or cyclic N) is 1. The Morgan fingerprint density at radius 3 is 3.05 bits per heavy atom. The zero-order valence-corrected chi connectivity index (χ0v) is 11.8. The van der Waals surface area contributed by atoms with Crippen LogP contribution in [0.15, 0.2) is 18.2 Å². The van der Waals surface area contributed by atoms with Crippen molar-refractivity contribution in [2.75, 3.05) is 13.7 Å². The van der Waals surface area contributed by atoms with E-state index in [-0.39, 0.29) is 5.97 Å². The van der Waals surface area contributed by atoms with Crippen molar-refractivity contribution in [1.29, 1.82) is 5.26 Å². The number of hydrogen-bond donors (Lipinski definition) is 1. The number of ether oxygens (including phenoxy) is 1. The molecule has 1 aromatic carbocycles. The number of carbonyl (C=O) groups excluding carboxylic acids is 1. The largest absolute Gasteiger partial charge is 0.468 e. The molecular formula is C14H15ClN2O3. The molecule has 2 atom stereocenters. The highest BCUT2D eigenvalue weighted by Crippen LogP contribution is 2.24. The molecule has 1 aromatic rings. The van der Waals surface area contributed by atoms with Gasteiger partial charge < -0.3 is 9.84 Å². The van der Waals surface area contributed by atoms with Crippen LogP contribution in [0.4, 0.5) is 0 Å². The van der Waals surface area contributed by atoms with Crippen molar-refractivity contribution >= 4 is 17.6 Å². The number of benzene rings is 1. The van der Waals surface area contributed by atoms with Gasteiger partial charge in [0.2, 0.25) is 0 Å². The second-order valence-corrected chi connectivity index (χ2v) is 5.21. The van der Waals surface area contributed by atoms with Gasteiger partial charge in [-0.1, -0.05) is 17.7 Å². The number of methoxy groups -OCH3 is 1. The number of rotatable bonds is 3. The fourth-order valence-electron chi connectivity index (χ4n) is 2.44. The molecule has 0 bridgehead atoms. The number of nitriles is 1. The van der Waals surface area contributed by atoms with E-state index in [4.69, 9.17) is 21.6 Å². The molecule has 0 aliphatic carbocycles. The highest BCUT2D eigenvalue weighted by Gasteiger charge is 2.36. The number of aliphatic hydroxyl groups is 1. The van der Waals surface area contributed by atoms with E-state index >= 15 is 0 Å². The first-order valence-electron chi connectivity index (χ1n) is 6.23. The SMILES string of the molecule is COC(=O)[C@H]1C[C@H](O)CN1Cc1ccc(Cl)cc1C#N. The summed E-state index contributed by atoms with van der Waals surface area (Å²) in [6.45, 7) is 0.782. The number of halogens is 1. The minimum atomic E-state index is -0.558. The van der Waals surface area contributed by atoms with E-state index in [0.29, 0.717) is 30.1 Å². The lowest BCUT2D eigenvalue weighted by molar-refractivity contribution is -0.146. The maximum Gasteiger partial charge on any atom is 0.323 e. The zero-order chi connectivity index (χ0) is 14.7. The predicted octanol–water partition coefficient (Wildman–Crippen LogP) is 1.32. The van der Waals surface area contributed by atoms with Crippen molar-refractivity contribution < 1.29 is 14.6 Å². The van der Waals surface area contributed by atoms with Crippen LogP contribution >= 0.6 is 11.6 Å². The first-order valence-corrected chi connectivity index (χ1v) is 6.61. The average Bonchev–Trinajstić information content (AvgIpc) is 2.80. The molecule has 5 nitrogen and oxygen atoms in total. The molecule has 2 rings (SSSR count). The number of hydrogen-bond acceptors (Lipinski definition) is 5. The van der Waals surface area contributed by atoms with Gasteiger partial charge in [-0.15, -0.1) is 0 Å². The van der Waals surface area contributed by atoms with Gasteiger partial charge in [0, 0.05) is 24.5 Å². The molecule has 20 heavy (non-hydrogen) atoms. The lowest BCUT2D eigenvalue weighted by Gasteiger charge is -2.22. The topological polar surface area (TPSA) is 73.6 Å². The van der Waals surface area contributed by atoms with Gasteiger partial charge in [0.25, 0.3) is 0 Å². The highest BCUT2D eigenvalue weighted by atomic mass is 35.5. The van der Waals surface area contributed by atoms with E-state index in [9.17, 15) is 9.90 Å². The Kier molecular flexibility index (Phi) is 4.61. The summed E-state index contributed by atoms with van der Waals surface area (Å²) in [4.78, 5) is 13.5. The Hall–Kier alpha value is -1.61. The summed E-state index contributed by atoms with van der Waals surface area (Å²) in [6.07, 6.45) is -0.209. The minimum Gasteiger partial charge on any atom is -0.468 e. The van der Waals surface area contributed by atoms with Crippen LogP contribution in [0.25, 0.3) is 0 Å². The molecule has 6 heteroatoms. The van der Waals surface area contributed by atoms with Gasteiger partial charge in [-0.05, 0) is 17.7 Å². The Bertz CT molecular complexity index is 556. The van der Waals surface area contributed by atoms with Crippen molar-refractivity contribution in [2.24, 2.45) is 0 Å². The zero-order valence-electron chi connectivity index (χ0n) is 11.0. The molecule has 0 saturated carbocycles. The quantitative estimate of drug-likeness (QED) is 0.851. The van der Waals surface area contributed by atoms with Gasteiger partial charge in [0.15, 0.2) is 0 Å². The second-order valence-electron chi connectivity index (χ2n) is 4.77. The first kappa shape index (κ1) is 14.8. The third-order valence-corrected chi connectivity index (χ3v) is 3.66. The maximum atomic E-state index is 11.7. The summed E-state index contributed by atoms with van der Waals surface area (Å²) in [7, 11) is 1.33. The molecule has 0 spiro atoms. The van der Waals surface area contributed by atoms with Gasteiger partial charge in [0.05, 0.1) is 24.8 Å². The molecule has 106 valence electrons. The lowest BCUT2D eigenvalue weighted by Crippen LogP contribution is -2.36. The molecule has 1 fully saturated rings. The van der Waals surface area contributed by atoms with Gasteiger partial charge in [-0.2, -0.15) is 5.26 Å². The summed E-state index contributed by atoms with van der Waals surface area (Å²) in [5.74, 6) is -0.367. The van der Waals surface area contributed by atoms with E-state index in [1.54, 1.807) is 18.2 Å². The van der Waals surface area contributed by atoms with E-state index in [0.717, 1.165) is 5.56 Å². The number of aliphatic hydroxyl groups excluding tert-OH is 1. The van der Waals surface area contributed by atoms with Gasteiger partial charge in [0.1, 0.15) is 6.04 Å². The average molecular weight is 295 g/mol. The molecule has 1 heterocycles. The van der Waals surface area contributed by atoms with Crippen LogP contribution in [-0.2, 0) is 16.1 Å². The van der Waals surface area contributed by atoms with Crippen molar-refractivity contribution in [3.63, 3.8) is 0 Å². The molecule has 0 unspecified atom stereocenters. The minimum absolute atomic E-state index is 0.349. The number of carbonyl (C=O) groups is 1. The van der Waals surface area contributed by atoms with Crippen LogP contribution in [0.3, 0.4) is 0 Å². The van der Waals surface area contributed by atoms with Crippen LogP contribution in [0.5, 0.6) is 0 Å². The normalized spacial score (nSPS) is 22.5. The molecule has 0 aromatic heterocycles. The molecule has 1 aliphatic heterocycles. The van der Waals surface area contributed by atoms with Gasteiger partial charge in [-0.3, -0.25) is 9.69 Å². The molecular weight excluding hydrogens is 280 g/mol. The Labute approximate surface area is 122 Å². The monoisotopic (exact) mass is 294 g/mol. The smallest absolute Gasteiger partial charge is 0.323 e. The van der Waals surface area contributed by atoms with E-state index < -0.39 is 12.1 Å². The highest BCUT2D eigenvalue weighted by molar-refractivity contribution is 6.30. The van der Waals surface area contributed by atoms with E-state index in [1.807, 2.05) is 4.90 Å². The summed E-state index contributed by atoms with van der Waals surface area (Å²) in [5.41, 5.74) is 1.25. The molecule has 1 aliphatic rings. The Balaban J connectivity index is 2.20. The van der Waals surface area contributed by atoms with Crippen LogP contribution in [0, 0.1) is 11.3 Å². The summed E-state index contributed by atoms with van der Waals surface area (Å²) < 4.78 is 4.75. The maximum absolute atomic E-state index is 11.7. The van der Waals surface area contributed by atoms with E-state index in [1.165, 1.54) is 7.11 Å². The predicted molar refractivity (Wildman–Crippen MR) is 73.0 cm³/mol. The van der Waals surface area contributed by atoms with Crippen molar-refractivity contribution in [3.05, 3.63) is 34.3 Å². The molecule has 1 saturated heterocycles. The molecule has 1 N–H and O–H groups in total. The van der Waals surface area contributed by atoms with E-state index in [2.05, 4.69) is 6.07 Å². The first-order chi connectivity index (χ1) is 9.55. The third-order valence-electron chi connectivity index (χ3n) is 3.42. The lowest BCUT2D eigenvalue weighted by atomic mass is 10.1. The van der Waals surface area contributed by atoms with Crippen LogP contribution < -0.4 is 0 Å². The van der Waals surface area contributed by atoms with Crippen LogP contribution in [0.1, 0.15) is 17.5 Å². The van der Waals surface area contributed by atoms with Crippen LogP contribution in [-0.4, -0.2) is 41.8 Å². The Morgan fingerprint density at radius 1 is 1.65 bits per heavy atom. The number of likely N-dealkylation sites (tertiary alicyclic amines) is 1. The van der Waals surface area contributed by atoms with Gasteiger partial charge in [-0.25, -0.2) is 0 Å². The third kappa shape index (κ3) is 3.10. The number of nitrogens with zero attached hydrogens (tertiary/aromatic N) is 2. The summed E-state index contributed by atoms with van der Waals surface area (Å²) in [6, 6.07) is 6.68. The van der Waals surface area contributed by atoms with Crippen LogP contribution in [0.2, 0.25) is 5.02 Å². The summed E-state index contributed by atoms with van der Waals surface area (Å²) >= 11 is 5.86. The number of esters is 1. The Morgan fingerprint density at radius 2 is 2.40 bits per heavy atom. The molecule has 0 amide bonds. The van der Waals surface area contributed by atoms with Crippen molar-refractivity contribution in [1.82, 2.24) is 4.90 Å². The van der Waals surface area contributed by atoms with Crippen molar-refractivity contribution in [2.45, 2.75) is 25.1 Å². The van der Waals surface area contributed by atoms with Gasteiger partial charge >= 0.3 is 5.97 Å². The standard InChI is InChI=1S/C14H15ClN2O3/c1-20-14(19)13-5-12(18)8-17(13)7-9-2-3-11(15)4-10(9)6-16/h2-4,12-13,18H,5,7-8H2,1H3/t12-,13+/m0/s1. The fraction of sp³-hybridized carbons (Fsp3) is 0.429. The summed E-state index contributed by atoms with van der Waals surface area (Å²) in [5, 5.41) is 19.3. The van der Waals surface area contributed by atoms with Crippen molar-refractivity contribution in [3.8, 4) is 6.07 Å². The second kappa shape index (κ2) is 6.23. The fourth-order valence-corrected chi connectivity index (χ4v) is 2.62.